The van der Waals surface area contributed by atoms with Crippen LogP contribution in [0.4, 0.5) is 0 Å². The second-order valence-corrected chi connectivity index (χ2v) is 7.37. The maximum Gasteiger partial charge on any atom is 0.226 e. The van der Waals surface area contributed by atoms with Crippen LogP contribution >= 0.6 is 0 Å². The second kappa shape index (κ2) is 8.38. The van der Waals surface area contributed by atoms with Crippen LogP contribution in [0.3, 0.4) is 0 Å². The monoisotopic (exact) mass is 365 g/mol. The molecule has 1 fully saturated rings. The Morgan fingerprint density at radius 3 is 2.33 bits per heavy atom. The second-order valence-electron chi connectivity index (χ2n) is 7.37. The fourth-order valence-electron chi connectivity index (χ4n) is 3.61. The summed E-state index contributed by atoms with van der Waals surface area (Å²) in [5.41, 5.74) is 3.95. The normalized spacial score (nSPS) is 14.9. The summed E-state index contributed by atoms with van der Waals surface area (Å²) in [6.07, 6.45) is 1.83. The molecule has 2 aromatic carbocycles. The topological polar surface area (TPSA) is 46.6 Å². The number of aryl methyl sites for hydroxylation is 2. The third kappa shape index (κ3) is 4.57. The van der Waals surface area contributed by atoms with Crippen LogP contribution in [-0.4, -0.2) is 36.8 Å². The van der Waals surface area contributed by atoms with Crippen molar-refractivity contribution in [1.82, 2.24) is 4.90 Å². The van der Waals surface area contributed by atoms with Crippen molar-refractivity contribution in [3.05, 3.63) is 64.7 Å². The van der Waals surface area contributed by atoms with Gasteiger partial charge in [0.05, 0.1) is 13.5 Å². The highest BCUT2D eigenvalue weighted by Gasteiger charge is 2.27. The molecule has 0 bridgehead atoms. The van der Waals surface area contributed by atoms with Gasteiger partial charge in [0.2, 0.25) is 5.91 Å². The van der Waals surface area contributed by atoms with Crippen LogP contribution < -0.4 is 4.74 Å². The Bertz CT molecular complexity index is 818. The molecule has 27 heavy (non-hydrogen) atoms. The lowest BCUT2D eigenvalue weighted by Gasteiger charge is -2.31. The van der Waals surface area contributed by atoms with Gasteiger partial charge in [-0.1, -0.05) is 42.0 Å². The molecular weight excluding hydrogens is 338 g/mol. The summed E-state index contributed by atoms with van der Waals surface area (Å²) in [5, 5.41) is 0. The number of carbonyl (C=O) groups excluding carboxylic acids is 2. The molecule has 2 aromatic rings. The van der Waals surface area contributed by atoms with Crippen LogP contribution in [0.15, 0.2) is 42.5 Å². The van der Waals surface area contributed by atoms with E-state index in [0.717, 1.165) is 40.8 Å². The van der Waals surface area contributed by atoms with Crippen LogP contribution in [0.25, 0.3) is 0 Å². The molecule has 1 amide bonds. The first-order valence-corrected chi connectivity index (χ1v) is 9.50. The highest BCUT2D eigenvalue weighted by molar-refractivity contribution is 5.98. The molecule has 1 saturated heterocycles. The fourth-order valence-corrected chi connectivity index (χ4v) is 3.61. The van der Waals surface area contributed by atoms with Gasteiger partial charge in [-0.15, -0.1) is 0 Å². The van der Waals surface area contributed by atoms with Gasteiger partial charge in [-0.25, -0.2) is 0 Å². The number of nitrogens with zero attached hydrogens (tertiary/aromatic N) is 1. The molecule has 1 aliphatic heterocycles. The predicted octanol–water partition coefficient (Wildman–Crippen LogP) is 3.98. The Labute approximate surface area is 161 Å². The molecule has 3 rings (SSSR count). The minimum Gasteiger partial charge on any atom is -0.496 e. The van der Waals surface area contributed by atoms with Gasteiger partial charge in [-0.05, 0) is 43.9 Å². The van der Waals surface area contributed by atoms with Crippen molar-refractivity contribution in [1.29, 1.82) is 0 Å². The van der Waals surface area contributed by atoms with Crippen molar-refractivity contribution >= 4 is 11.7 Å². The number of likely N-dealkylation sites (tertiary alicyclic amines) is 1. The number of rotatable bonds is 5. The highest BCUT2D eigenvalue weighted by atomic mass is 16.5. The van der Waals surface area contributed by atoms with Crippen molar-refractivity contribution in [3.8, 4) is 5.75 Å². The first kappa shape index (κ1) is 19.2. The molecule has 1 heterocycles. The average Bonchev–Trinajstić information content (AvgIpc) is 2.69. The number of hydrogen-bond donors (Lipinski definition) is 0. The number of carbonyl (C=O) groups is 2. The van der Waals surface area contributed by atoms with Gasteiger partial charge in [0.1, 0.15) is 5.75 Å². The van der Waals surface area contributed by atoms with E-state index in [0.29, 0.717) is 19.5 Å². The van der Waals surface area contributed by atoms with E-state index in [4.69, 9.17) is 4.74 Å². The maximum absolute atomic E-state index is 12.7. The molecule has 142 valence electrons. The van der Waals surface area contributed by atoms with Crippen LogP contribution in [-0.2, 0) is 11.2 Å². The molecule has 0 aromatic heterocycles. The summed E-state index contributed by atoms with van der Waals surface area (Å²) in [4.78, 5) is 27.2. The van der Waals surface area contributed by atoms with Crippen LogP contribution in [0.2, 0.25) is 0 Å². The quantitative estimate of drug-likeness (QED) is 0.753. The van der Waals surface area contributed by atoms with Gasteiger partial charge in [0.15, 0.2) is 5.78 Å². The summed E-state index contributed by atoms with van der Waals surface area (Å²) in [5.74, 6) is 1.13. The van der Waals surface area contributed by atoms with Gasteiger partial charge in [0.25, 0.3) is 0 Å². The van der Waals surface area contributed by atoms with E-state index in [9.17, 15) is 9.59 Å². The van der Waals surface area contributed by atoms with Crippen LogP contribution in [0.1, 0.15) is 39.9 Å². The zero-order chi connectivity index (χ0) is 19.4. The van der Waals surface area contributed by atoms with Gasteiger partial charge in [-0.2, -0.15) is 0 Å². The number of methoxy groups -OCH3 is 1. The summed E-state index contributed by atoms with van der Waals surface area (Å²) < 4.78 is 5.34. The number of benzene rings is 2. The van der Waals surface area contributed by atoms with Gasteiger partial charge in [0, 0.05) is 24.6 Å². The standard InChI is InChI=1S/C23H27NO3/c1-16-4-8-19(9-5-16)23(26)20-10-12-24(13-11-20)22(25)15-18-7-6-17(2)21(14-18)27-3/h4-9,14,20H,10-13,15H2,1-3H3. The van der Waals surface area contributed by atoms with E-state index in [2.05, 4.69) is 0 Å². The lowest BCUT2D eigenvalue weighted by atomic mass is 9.88. The minimum atomic E-state index is 0.0104. The van der Waals surface area contributed by atoms with Crippen molar-refractivity contribution < 1.29 is 14.3 Å². The molecule has 0 spiro atoms. The minimum absolute atomic E-state index is 0.0104. The van der Waals surface area contributed by atoms with Crippen molar-refractivity contribution in [2.45, 2.75) is 33.1 Å². The first-order valence-electron chi connectivity index (χ1n) is 9.50. The van der Waals surface area contributed by atoms with Crippen molar-refractivity contribution in [3.63, 3.8) is 0 Å². The lowest BCUT2D eigenvalue weighted by molar-refractivity contribution is -0.131. The van der Waals surface area contributed by atoms with Gasteiger partial charge < -0.3 is 9.64 Å². The summed E-state index contributed by atoms with van der Waals surface area (Å²) in [6, 6.07) is 13.6. The summed E-state index contributed by atoms with van der Waals surface area (Å²) in [7, 11) is 1.64. The van der Waals surface area contributed by atoms with Gasteiger partial charge >= 0.3 is 0 Å². The predicted molar refractivity (Wildman–Crippen MR) is 106 cm³/mol. The van der Waals surface area contributed by atoms with Crippen molar-refractivity contribution in [2.75, 3.05) is 20.2 Å². The van der Waals surface area contributed by atoms with E-state index in [1.54, 1.807) is 7.11 Å². The molecule has 4 nitrogen and oxygen atoms in total. The Balaban J connectivity index is 1.56. The number of hydrogen-bond acceptors (Lipinski definition) is 3. The third-order valence-electron chi connectivity index (χ3n) is 5.38. The Hall–Kier alpha value is -2.62. The molecule has 0 saturated carbocycles. The number of ether oxygens (including phenoxy) is 1. The fraction of sp³-hybridized carbons (Fsp3) is 0.391. The molecular formula is C23H27NO3. The van der Waals surface area contributed by atoms with E-state index < -0.39 is 0 Å². The first-order chi connectivity index (χ1) is 13.0. The average molecular weight is 365 g/mol. The Kier molecular flexibility index (Phi) is 5.94. The number of Topliss-reactive ketones (excluding diaryl/α,β-unsaturated/α-hetero) is 1. The lowest BCUT2D eigenvalue weighted by Crippen LogP contribution is -2.41. The van der Waals surface area contributed by atoms with Crippen LogP contribution in [0.5, 0.6) is 5.75 Å². The molecule has 0 radical (unpaired) electrons. The Morgan fingerprint density at radius 2 is 1.70 bits per heavy atom. The van der Waals surface area contributed by atoms with E-state index in [1.807, 2.05) is 61.2 Å². The molecule has 0 atom stereocenters. The summed E-state index contributed by atoms with van der Waals surface area (Å²) in [6.45, 7) is 5.29. The Morgan fingerprint density at radius 1 is 1.04 bits per heavy atom. The van der Waals surface area contributed by atoms with Crippen molar-refractivity contribution in [2.24, 2.45) is 5.92 Å². The number of ketones is 1. The van der Waals surface area contributed by atoms with E-state index in [1.165, 1.54) is 0 Å². The molecule has 0 aliphatic carbocycles. The number of amides is 1. The third-order valence-corrected chi connectivity index (χ3v) is 5.38. The zero-order valence-electron chi connectivity index (χ0n) is 16.3. The van der Waals surface area contributed by atoms with Crippen LogP contribution in [0, 0.1) is 19.8 Å². The number of piperidine rings is 1. The van der Waals surface area contributed by atoms with Gasteiger partial charge in [-0.3, -0.25) is 9.59 Å². The molecule has 0 unspecified atom stereocenters. The maximum atomic E-state index is 12.7. The van der Waals surface area contributed by atoms with E-state index in [-0.39, 0.29) is 17.6 Å². The summed E-state index contributed by atoms with van der Waals surface area (Å²) >= 11 is 0. The highest BCUT2D eigenvalue weighted by Crippen LogP contribution is 2.24. The van der Waals surface area contributed by atoms with E-state index >= 15 is 0 Å². The smallest absolute Gasteiger partial charge is 0.226 e. The zero-order valence-corrected chi connectivity index (χ0v) is 16.3. The molecule has 0 N–H and O–H groups in total. The SMILES string of the molecule is COc1cc(CC(=O)N2CCC(C(=O)c3ccc(C)cc3)CC2)ccc1C. The molecule has 4 heteroatoms. The molecule has 1 aliphatic rings. The largest absolute Gasteiger partial charge is 0.496 e.